The van der Waals surface area contributed by atoms with E-state index in [0.29, 0.717) is 16.8 Å². The second-order valence-corrected chi connectivity index (χ2v) is 6.89. The molecule has 1 saturated heterocycles. The number of benzene rings is 1. The fourth-order valence-electron chi connectivity index (χ4n) is 2.55. The van der Waals surface area contributed by atoms with E-state index in [1.165, 1.54) is 4.90 Å². The maximum Gasteiger partial charge on any atom is 0.227 e. The highest BCUT2D eigenvalue weighted by Gasteiger charge is 2.33. The SMILES string of the molecule is NS(=O)(=O)CC1CC(=O)N(c2cc(CO)cc(CO)c2)C1. The zero-order valence-corrected chi connectivity index (χ0v) is 12.2. The van der Waals surface area contributed by atoms with Crippen molar-refractivity contribution in [1.82, 2.24) is 0 Å². The molecule has 2 rings (SSSR count). The van der Waals surface area contributed by atoms with E-state index in [-0.39, 0.29) is 43.8 Å². The first-order chi connectivity index (χ1) is 9.82. The van der Waals surface area contributed by atoms with Gasteiger partial charge in [0.15, 0.2) is 0 Å². The van der Waals surface area contributed by atoms with Gasteiger partial charge in [-0.25, -0.2) is 13.6 Å². The predicted octanol–water partition coefficient (Wildman–Crippen LogP) is -0.687. The molecule has 1 fully saturated rings. The van der Waals surface area contributed by atoms with Crippen LogP contribution in [0, 0.1) is 5.92 Å². The molecule has 1 amide bonds. The van der Waals surface area contributed by atoms with Crippen LogP contribution < -0.4 is 10.0 Å². The lowest BCUT2D eigenvalue weighted by Crippen LogP contribution is -2.27. The number of aliphatic hydroxyl groups excluding tert-OH is 2. The van der Waals surface area contributed by atoms with E-state index in [1.54, 1.807) is 18.2 Å². The molecule has 1 aromatic rings. The van der Waals surface area contributed by atoms with Crippen LogP contribution in [0.3, 0.4) is 0 Å². The summed E-state index contributed by atoms with van der Waals surface area (Å²) in [4.78, 5) is 13.5. The van der Waals surface area contributed by atoms with Gasteiger partial charge in [-0.05, 0) is 23.3 Å². The number of aliphatic hydroxyl groups is 2. The standard InChI is InChI=1S/C13H18N2O5S/c14-21(19,20)8-11-4-13(18)15(5-11)12-2-9(6-16)1-10(3-12)7-17/h1-3,11,16-17H,4-8H2,(H2,14,19,20). The van der Waals surface area contributed by atoms with Gasteiger partial charge in [0.25, 0.3) is 0 Å². The van der Waals surface area contributed by atoms with Crippen molar-refractivity contribution in [1.29, 1.82) is 0 Å². The van der Waals surface area contributed by atoms with Crippen molar-refractivity contribution >= 4 is 21.6 Å². The van der Waals surface area contributed by atoms with Gasteiger partial charge in [0.05, 0.1) is 19.0 Å². The first-order valence-corrected chi connectivity index (χ1v) is 8.19. The number of amides is 1. The average molecular weight is 314 g/mol. The van der Waals surface area contributed by atoms with Gasteiger partial charge in [-0.2, -0.15) is 0 Å². The minimum absolute atomic E-state index is 0.119. The highest BCUT2D eigenvalue weighted by Crippen LogP contribution is 2.27. The van der Waals surface area contributed by atoms with E-state index < -0.39 is 10.0 Å². The summed E-state index contributed by atoms with van der Waals surface area (Å²) in [5, 5.41) is 23.4. The minimum atomic E-state index is -3.62. The van der Waals surface area contributed by atoms with E-state index in [2.05, 4.69) is 0 Å². The third kappa shape index (κ3) is 4.01. The summed E-state index contributed by atoms with van der Waals surface area (Å²) in [6, 6.07) is 4.94. The van der Waals surface area contributed by atoms with Gasteiger partial charge >= 0.3 is 0 Å². The number of hydrogen-bond donors (Lipinski definition) is 3. The van der Waals surface area contributed by atoms with Crippen molar-refractivity contribution < 1.29 is 23.4 Å². The fourth-order valence-corrected chi connectivity index (χ4v) is 3.43. The molecule has 21 heavy (non-hydrogen) atoms. The molecule has 0 radical (unpaired) electrons. The quantitative estimate of drug-likeness (QED) is 0.664. The number of nitrogens with zero attached hydrogens (tertiary/aromatic N) is 1. The second kappa shape index (κ2) is 6.10. The van der Waals surface area contributed by atoms with E-state index in [4.69, 9.17) is 5.14 Å². The Bertz CT molecular complexity index is 622. The fraction of sp³-hybridized carbons (Fsp3) is 0.462. The van der Waals surface area contributed by atoms with Gasteiger partial charge in [-0.1, -0.05) is 6.07 Å². The van der Waals surface area contributed by atoms with Crippen LogP contribution in [0.2, 0.25) is 0 Å². The number of carbonyl (C=O) groups is 1. The molecule has 0 spiro atoms. The zero-order valence-electron chi connectivity index (χ0n) is 11.4. The third-order valence-corrected chi connectivity index (χ3v) is 4.32. The van der Waals surface area contributed by atoms with Gasteiger partial charge in [-0.3, -0.25) is 4.79 Å². The van der Waals surface area contributed by atoms with Crippen LogP contribution >= 0.6 is 0 Å². The Morgan fingerprint density at radius 2 is 1.76 bits per heavy atom. The number of nitrogens with two attached hydrogens (primary N) is 1. The first kappa shape index (κ1) is 15.9. The Kier molecular flexibility index (Phi) is 4.62. The molecular formula is C13H18N2O5S. The maximum atomic E-state index is 12.0. The molecule has 1 atom stereocenters. The van der Waals surface area contributed by atoms with Gasteiger partial charge in [0.2, 0.25) is 15.9 Å². The van der Waals surface area contributed by atoms with Gasteiger partial charge in [0.1, 0.15) is 0 Å². The van der Waals surface area contributed by atoms with E-state index in [9.17, 15) is 23.4 Å². The maximum absolute atomic E-state index is 12.0. The zero-order chi connectivity index (χ0) is 15.6. The first-order valence-electron chi connectivity index (χ1n) is 6.48. The second-order valence-electron chi connectivity index (χ2n) is 5.23. The number of rotatable bonds is 5. The summed E-state index contributed by atoms with van der Waals surface area (Å²) in [7, 11) is -3.62. The largest absolute Gasteiger partial charge is 0.392 e. The summed E-state index contributed by atoms with van der Waals surface area (Å²) in [5.41, 5.74) is 1.71. The van der Waals surface area contributed by atoms with Crippen molar-refractivity contribution in [3.8, 4) is 0 Å². The lowest BCUT2D eigenvalue weighted by molar-refractivity contribution is -0.117. The lowest BCUT2D eigenvalue weighted by atomic mass is 10.1. The number of carbonyl (C=O) groups excluding carboxylic acids is 1. The van der Waals surface area contributed by atoms with Crippen molar-refractivity contribution in [3.63, 3.8) is 0 Å². The van der Waals surface area contributed by atoms with E-state index in [1.807, 2.05) is 0 Å². The summed E-state index contributed by atoms with van der Waals surface area (Å²) in [6.07, 6.45) is 0.119. The van der Waals surface area contributed by atoms with E-state index in [0.717, 1.165) is 0 Å². The summed E-state index contributed by atoms with van der Waals surface area (Å²) in [5.74, 6) is -0.771. The Morgan fingerprint density at radius 1 is 1.19 bits per heavy atom. The van der Waals surface area contributed by atoms with Crippen LogP contribution in [-0.2, 0) is 28.0 Å². The average Bonchev–Trinajstić information content (AvgIpc) is 2.76. The van der Waals surface area contributed by atoms with Crippen molar-refractivity contribution in [3.05, 3.63) is 29.3 Å². The highest BCUT2D eigenvalue weighted by molar-refractivity contribution is 7.89. The molecule has 1 heterocycles. The van der Waals surface area contributed by atoms with Crippen LogP contribution in [-0.4, -0.2) is 36.8 Å². The number of anilines is 1. The van der Waals surface area contributed by atoms with Crippen LogP contribution in [0.5, 0.6) is 0 Å². The smallest absolute Gasteiger partial charge is 0.227 e. The summed E-state index contributed by atoms with van der Waals surface area (Å²) in [6.45, 7) is -0.151. The van der Waals surface area contributed by atoms with Crippen LogP contribution in [0.25, 0.3) is 0 Å². The Morgan fingerprint density at radius 3 is 2.24 bits per heavy atom. The molecule has 7 nitrogen and oxygen atoms in total. The monoisotopic (exact) mass is 314 g/mol. The molecule has 4 N–H and O–H groups in total. The Hall–Kier alpha value is -1.48. The summed E-state index contributed by atoms with van der Waals surface area (Å²) >= 11 is 0. The normalized spacial score (nSPS) is 19.3. The minimum Gasteiger partial charge on any atom is -0.392 e. The third-order valence-electron chi connectivity index (χ3n) is 3.39. The predicted molar refractivity (Wildman–Crippen MR) is 76.7 cm³/mol. The van der Waals surface area contributed by atoms with Gasteiger partial charge in [-0.15, -0.1) is 0 Å². The molecule has 116 valence electrons. The highest BCUT2D eigenvalue weighted by atomic mass is 32.2. The number of hydrogen-bond acceptors (Lipinski definition) is 5. The molecule has 0 saturated carbocycles. The topological polar surface area (TPSA) is 121 Å². The number of primary sulfonamides is 1. The molecular weight excluding hydrogens is 296 g/mol. The van der Waals surface area contributed by atoms with E-state index >= 15 is 0 Å². The van der Waals surface area contributed by atoms with Crippen molar-refractivity contribution in [2.24, 2.45) is 11.1 Å². The molecule has 1 unspecified atom stereocenters. The van der Waals surface area contributed by atoms with Crippen LogP contribution in [0.15, 0.2) is 18.2 Å². The lowest BCUT2D eigenvalue weighted by Gasteiger charge is -2.18. The molecule has 0 bridgehead atoms. The van der Waals surface area contributed by atoms with Crippen molar-refractivity contribution in [2.75, 3.05) is 17.2 Å². The van der Waals surface area contributed by atoms with Gasteiger partial charge in [0, 0.05) is 24.6 Å². The Balaban J connectivity index is 2.24. The molecule has 1 aromatic carbocycles. The molecule has 1 aliphatic heterocycles. The van der Waals surface area contributed by atoms with Gasteiger partial charge < -0.3 is 15.1 Å². The molecule has 1 aliphatic rings. The number of sulfonamides is 1. The van der Waals surface area contributed by atoms with Crippen molar-refractivity contribution in [2.45, 2.75) is 19.6 Å². The van der Waals surface area contributed by atoms with Crippen LogP contribution in [0.4, 0.5) is 5.69 Å². The molecule has 8 heteroatoms. The summed E-state index contributed by atoms with van der Waals surface area (Å²) < 4.78 is 22.2. The molecule has 0 aliphatic carbocycles. The molecule has 0 aromatic heterocycles. The Labute approximate surface area is 123 Å². The van der Waals surface area contributed by atoms with Crippen LogP contribution in [0.1, 0.15) is 17.5 Å².